The van der Waals surface area contributed by atoms with Crippen LogP contribution in [0.1, 0.15) is 59.3 Å². The highest BCUT2D eigenvalue weighted by Gasteiger charge is 2.31. The van der Waals surface area contributed by atoms with Gasteiger partial charge in [-0.1, -0.05) is 67.7 Å². The van der Waals surface area contributed by atoms with Crippen LogP contribution in [0.25, 0.3) is 0 Å². The number of anilines is 1. The standard InChI is InChI=1S/C26H22Cl3N3O4/c1-13-22(32(35)36)10-18(26(2,3)4)24(33)23(13)25(34)31-21-11-19(28)16(9-20(21)29)17(12-30)14-5-7-15(27)8-6-14/h5-11,17,33H,1-4H3,(H,31,34). The van der Waals surface area contributed by atoms with Gasteiger partial charge in [0.05, 0.1) is 33.2 Å². The maximum absolute atomic E-state index is 13.2. The van der Waals surface area contributed by atoms with Crippen LogP contribution in [0.3, 0.4) is 0 Å². The molecule has 0 spiro atoms. The van der Waals surface area contributed by atoms with Crippen molar-refractivity contribution in [1.82, 2.24) is 0 Å². The fourth-order valence-corrected chi connectivity index (χ4v) is 4.45. The average molecular weight is 547 g/mol. The third-order valence-electron chi connectivity index (χ3n) is 5.74. The van der Waals surface area contributed by atoms with E-state index in [-0.39, 0.29) is 43.9 Å². The molecule has 0 aliphatic carbocycles. The minimum atomic E-state index is -0.792. The van der Waals surface area contributed by atoms with Crippen LogP contribution < -0.4 is 5.32 Å². The van der Waals surface area contributed by atoms with Crippen LogP contribution in [-0.4, -0.2) is 15.9 Å². The van der Waals surface area contributed by atoms with Gasteiger partial charge in [-0.2, -0.15) is 5.26 Å². The van der Waals surface area contributed by atoms with E-state index in [2.05, 4.69) is 11.4 Å². The van der Waals surface area contributed by atoms with E-state index in [0.29, 0.717) is 16.1 Å². The van der Waals surface area contributed by atoms with Gasteiger partial charge in [-0.25, -0.2) is 0 Å². The molecule has 1 unspecified atom stereocenters. The predicted molar refractivity (Wildman–Crippen MR) is 142 cm³/mol. The molecule has 7 nitrogen and oxygen atoms in total. The zero-order valence-corrected chi connectivity index (χ0v) is 22.1. The summed E-state index contributed by atoms with van der Waals surface area (Å²) in [4.78, 5) is 24.3. The van der Waals surface area contributed by atoms with Crippen LogP contribution in [0.15, 0.2) is 42.5 Å². The summed E-state index contributed by atoms with van der Waals surface area (Å²) in [5, 5.41) is 35.7. The molecule has 0 aliphatic rings. The van der Waals surface area contributed by atoms with Crippen LogP contribution >= 0.6 is 34.8 Å². The molecule has 0 bridgehead atoms. The number of benzene rings is 3. The molecule has 0 radical (unpaired) electrons. The first-order valence-corrected chi connectivity index (χ1v) is 11.9. The number of phenols is 1. The van der Waals surface area contributed by atoms with Crippen molar-refractivity contribution in [3.8, 4) is 11.8 Å². The van der Waals surface area contributed by atoms with Crippen LogP contribution in [0.5, 0.6) is 5.75 Å². The molecule has 3 aromatic rings. The molecule has 0 aromatic heterocycles. The van der Waals surface area contributed by atoms with E-state index in [0.717, 1.165) is 0 Å². The second kappa shape index (κ2) is 10.4. The summed E-state index contributed by atoms with van der Waals surface area (Å²) in [5.74, 6) is -1.89. The monoisotopic (exact) mass is 545 g/mol. The summed E-state index contributed by atoms with van der Waals surface area (Å²) in [6, 6.07) is 13.1. The molecule has 10 heteroatoms. The molecule has 36 heavy (non-hydrogen) atoms. The fraction of sp³-hybridized carbons (Fsp3) is 0.231. The molecule has 0 saturated heterocycles. The van der Waals surface area contributed by atoms with E-state index in [9.17, 15) is 25.3 Å². The highest BCUT2D eigenvalue weighted by molar-refractivity contribution is 6.36. The maximum atomic E-state index is 13.2. The number of rotatable bonds is 5. The molecule has 1 amide bonds. The van der Waals surface area contributed by atoms with Gasteiger partial charge in [-0.15, -0.1) is 0 Å². The molecule has 0 heterocycles. The Morgan fingerprint density at radius 1 is 1.11 bits per heavy atom. The average Bonchev–Trinajstić information content (AvgIpc) is 2.77. The molecular weight excluding hydrogens is 525 g/mol. The van der Waals surface area contributed by atoms with Gasteiger partial charge in [0.2, 0.25) is 0 Å². The number of nitriles is 1. The topological polar surface area (TPSA) is 116 Å². The number of halogens is 3. The number of hydrogen-bond acceptors (Lipinski definition) is 5. The summed E-state index contributed by atoms with van der Waals surface area (Å²) in [6.45, 7) is 6.69. The Bertz CT molecular complexity index is 1410. The highest BCUT2D eigenvalue weighted by atomic mass is 35.5. The molecule has 186 valence electrons. The largest absolute Gasteiger partial charge is 0.507 e. The van der Waals surface area contributed by atoms with Gasteiger partial charge < -0.3 is 10.4 Å². The van der Waals surface area contributed by atoms with Crippen molar-refractivity contribution in [1.29, 1.82) is 5.26 Å². The van der Waals surface area contributed by atoms with Crippen molar-refractivity contribution in [3.63, 3.8) is 0 Å². The quantitative estimate of drug-likeness (QED) is 0.250. The van der Waals surface area contributed by atoms with Crippen molar-refractivity contribution < 1.29 is 14.8 Å². The van der Waals surface area contributed by atoms with E-state index in [1.54, 1.807) is 45.0 Å². The van der Waals surface area contributed by atoms with E-state index in [1.807, 2.05) is 0 Å². The summed E-state index contributed by atoms with van der Waals surface area (Å²) in [6.07, 6.45) is 0. The first kappa shape index (κ1) is 27.3. The molecule has 0 aliphatic heterocycles. The van der Waals surface area contributed by atoms with E-state index < -0.39 is 22.2 Å². The van der Waals surface area contributed by atoms with Crippen LogP contribution in [0, 0.1) is 28.4 Å². The Morgan fingerprint density at radius 3 is 2.25 bits per heavy atom. The van der Waals surface area contributed by atoms with Crippen molar-refractivity contribution >= 4 is 52.1 Å². The van der Waals surface area contributed by atoms with Gasteiger partial charge in [0.25, 0.3) is 11.6 Å². The van der Waals surface area contributed by atoms with E-state index >= 15 is 0 Å². The Balaban J connectivity index is 2.05. The number of nitro groups is 1. The SMILES string of the molecule is Cc1c([N+](=O)[O-])cc(C(C)(C)C)c(O)c1C(=O)Nc1cc(Cl)c(C(C#N)c2ccc(Cl)cc2)cc1Cl. The Labute approximate surface area is 223 Å². The molecule has 1 atom stereocenters. The van der Waals surface area contributed by atoms with Gasteiger partial charge in [-0.05, 0) is 47.7 Å². The molecule has 2 N–H and O–H groups in total. The zero-order chi connectivity index (χ0) is 26.9. The highest BCUT2D eigenvalue weighted by Crippen LogP contribution is 2.41. The predicted octanol–water partition coefficient (Wildman–Crippen LogP) is 7.77. The van der Waals surface area contributed by atoms with Gasteiger partial charge in [-0.3, -0.25) is 14.9 Å². The summed E-state index contributed by atoms with van der Waals surface area (Å²) >= 11 is 18.9. The number of nitrogens with zero attached hydrogens (tertiary/aromatic N) is 2. The van der Waals surface area contributed by atoms with Crippen molar-refractivity contribution in [2.45, 2.75) is 39.0 Å². The van der Waals surface area contributed by atoms with Crippen molar-refractivity contribution in [3.05, 3.63) is 95.5 Å². The molecule has 3 rings (SSSR count). The number of phenolic OH excluding ortho intramolecular Hbond substituents is 1. The molecule has 3 aromatic carbocycles. The third kappa shape index (κ3) is 5.41. The van der Waals surface area contributed by atoms with E-state index in [1.165, 1.54) is 25.1 Å². The van der Waals surface area contributed by atoms with Gasteiger partial charge in [0.15, 0.2) is 0 Å². The number of nitro benzene ring substituents is 1. The maximum Gasteiger partial charge on any atom is 0.273 e. The third-order valence-corrected chi connectivity index (χ3v) is 6.63. The minimum Gasteiger partial charge on any atom is -0.507 e. The number of carbonyl (C=O) groups excluding carboxylic acids is 1. The second-order valence-electron chi connectivity index (χ2n) is 9.22. The lowest BCUT2D eigenvalue weighted by Crippen LogP contribution is -2.19. The molecular formula is C26H22Cl3N3O4. The lowest BCUT2D eigenvalue weighted by atomic mass is 9.83. The minimum absolute atomic E-state index is 0.00845. The summed E-state index contributed by atoms with van der Waals surface area (Å²) in [7, 11) is 0. The van der Waals surface area contributed by atoms with Crippen molar-refractivity contribution in [2.24, 2.45) is 0 Å². The number of nitrogens with one attached hydrogen (secondary N) is 1. The normalized spacial score (nSPS) is 12.1. The summed E-state index contributed by atoms with van der Waals surface area (Å²) in [5.41, 5.74) is 0.263. The second-order valence-corrected chi connectivity index (χ2v) is 10.5. The Hall–Kier alpha value is -3.31. The van der Waals surface area contributed by atoms with Gasteiger partial charge in [0, 0.05) is 27.2 Å². The van der Waals surface area contributed by atoms with Crippen LogP contribution in [0.2, 0.25) is 15.1 Å². The lowest BCUT2D eigenvalue weighted by Gasteiger charge is -2.23. The van der Waals surface area contributed by atoms with Gasteiger partial charge >= 0.3 is 0 Å². The molecule has 0 fully saturated rings. The Morgan fingerprint density at radius 2 is 1.72 bits per heavy atom. The first-order valence-electron chi connectivity index (χ1n) is 10.7. The first-order chi connectivity index (χ1) is 16.8. The number of hydrogen-bond donors (Lipinski definition) is 2. The van der Waals surface area contributed by atoms with Gasteiger partial charge in [0.1, 0.15) is 5.75 Å². The molecule has 0 saturated carbocycles. The van der Waals surface area contributed by atoms with E-state index in [4.69, 9.17) is 34.8 Å². The number of carbonyl (C=O) groups is 1. The smallest absolute Gasteiger partial charge is 0.273 e. The summed E-state index contributed by atoms with van der Waals surface area (Å²) < 4.78 is 0. The Kier molecular flexibility index (Phi) is 7.85. The van der Waals surface area contributed by atoms with Crippen LogP contribution in [-0.2, 0) is 5.41 Å². The van der Waals surface area contributed by atoms with Crippen LogP contribution in [0.4, 0.5) is 11.4 Å². The lowest BCUT2D eigenvalue weighted by molar-refractivity contribution is -0.385. The number of amides is 1. The van der Waals surface area contributed by atoms with Crippen molar-refractivity contribution in [2.75, 3.05) is 5.32 Å². The zero-order valence-electron chi connectivity index (χ0n) is 19.8. The fourth-order valence-electron chi connectivity index (χ4n) is 3.84. The number of aromatic hydroxyl groups is 1.